The highest BCUT2D eigenvalue weighted by Gasteiger charge is 2.26. The van der Waals surface area contributed by atoms with Crippen molar-refractivity contribution in [3.8, 4) is 0 Å². The third kappa shape index (κ3) is 4.32. The van der Waals surface area contributed by atoms with Gasteiger partial charge in [0.25, 0.3) is 0 Å². The van der Waals surface area contributed by atoms with E-state index in [-0.39, 0.29) is 0 Å². The first kappa shape index (κ1) is 12.9. The average molecular weight is 263 g/mol. The molecule has 92 valence electrons. The van der Waals surface area contributed by atoms with E-state index in [1.165, 1.54) is 25.0 Å². The standard InChI is InChI=1S/C14H21NSSi/c1-17(2,3)16-14-10-9-13(11-14)15-12-7-5-4-6-8-12/h4-8,14H,9-11H2,1-3H3/b15-13+. The fourth-order valence-electron chi connectivity index (χ4n) is 2.18. The van der Waals surface area contributed by atoms with Crippen molar-refractivity contribution < 1.29 is 0 Å². The SMILES string of the molecule is C[Si](C)(C)SC1CC/C(=N\c2ccccc2)C1. The molecule has 1 fully saturated rings. The average Bonchev–Trinajstić information content (AvgIpc) is 2.64. The second-order valence-corrected chi connectivity index (χ2v) is 15.1. The van der Waals surface area contributed by atoms with Gasteiger partial charge >= 0.3 is 0 Å². The van der Waals surface area contributed by atoms with E-state index in [4.69, 9.17) is 4.99 Å². The van der Waals surface area contributed by atoms with Crippen molar-refractivity contribution in [3.05, 3.63) is 30.3 Å². The van der Waals surface area contributed by atoms with Gasteiger partial charge in [0.15, 0.2) is 0 Å². The Kier molecular flexibility index (Phi) is 4.10. The Bertz CT molecular complexity index is 394. The molecular weight excluding hydrogens is 242 g/mol. The molecule has 0 radical (unpaired) electrons. The van der Waals surface area contributed by atoms with E-state index in [2.05, 4.69) is 55.1 Å². The molecule has 0 aromatic heterocycles. The summed E-state index contributed by atoms with van der Waals surface area (Å²) in [4.78, 5) is 4.76. The van der Waals surface area contributed by atoms with Crippen molar-refractivity contribution in [1.29, 1.82) is 0 Å². The van der Waals surface area contributed by atoms with Gasteiger partial charge in [-0.2, -0.15) is 11.2 Å². The summed E-state index contributed by atoms with van der Waals surface area (Å²) >= 11 is 2.24. The van der Waals surface area contributed by atoms with Gasteiger partial charge in [0.1, 0.15) is 7.22 Å². The van der Waals surface area contributed by atoms with Gasteiger partial charge in [-0.25, -0.2) is 0 Å². The zero-order valence-electron chi connectivity index (χ0n) is 10.9. The van der Waals surface area contributed by atoms with Crippen molar-refractivity contribution in [3.63, 3.8) is 0 Å². The van der Waals surface area contributed by atoms with E-state index in [1.54, 1.807) is 0 Å². The van der Waals surface area contributed by atoms with Crippen molar-refractivity contribution in [2.75, 3.05) is 0 Å². The van der Waals surface area contributed by atoms with Gasteiger partial charge in [-0.15, -0.1) is 0 Å². The van der Waals surface area contributed by atoms with Crippen molar-refractivity contribution in [1.82, 2.24) is 0 Å². The van der Waals surface area contributed by atoms with Crippen LogP contribution in [0.15, 0.2) is 35.3 Å². The van der Waals surface area contributed by atoms with Crippen LogP contribution in [-0.2, 0) is 0 Å². The van der Waals surface area contributed by atoms with E-state index in [0.717, 1.165) is 10.9 Å². The third-order valence-electron chi connectivity index (χ3n) is 2.78. The highest BCUT2D eigenvalue weighted by Crippen LogP contribution is 2.35. The first-order valence-corrected chi connectivity index (χ1v) is 11.4. The molecule has 2 rings (SSSR count). The molecule has 0 bridgehead atoms. The molecule has 1 unspecified atom stereocenters. The maximum absolute atomic E-state index is 4.76. The molecule has 0 spiro atoms. The topological polar surface area (TPSA) is 12.4 Å². The predicted octanol–water partition coefficient (Wildman–Crippen LogP) is 4.88. The second-order valence-electron chi connectivity index (χ2n) is 5.61. The summed E-state index contributed by atoms with van der Waals surface area (Å²) in [5.41, 5.74) is 2.51. The van der Waals surface area contributed by atoms with Crippen molar-refractivity contribution >= 4 is 29.8 Å². The molecule has 0 aliphatic heterocycles. The lowest BCUT2D eigenvalue weighted by Crippen LogP contribution is -2.18. The first-order chi connectivity index (χ1) is 8.03. The quantitative estimate of drug-likeness (QED) is 0.708. The molecule has 1 aromatic rings. The number of nitrogens with zero attached hydrogens (tertiary/aromatic N) is 1. The highest BCUT2D eigenvalue weighted by atomic mass is 32.4. The van der Waals surface area contributed by atoms with Crippen LogP contribution < -0.4 is 0 Å². The molecule has 17 heavy (non-hydrogen) atoms. The van der Waals surface area contributed by atoms with Gasteiger partial charge < -0.3 is 0 Å². The molecule has 0 amide bonds. The Labute approximate surface area is 109 Å². The smallest absolute Gasteiger partial charge is 0.108 e. The van der Waals surface area contributed by atoms with E-state index < -0.39 is 7.22 Å². The molecular formula is C14H21NSSi. The van der Waals surface area contributed by atoms with E-state index >= 15 is 0 Å². The van der Waals surface area contributed by atoms with Crippen LogP contribution in [0.25, 0.3) is 0 Å². The van der Waals surface area contributed by atoms with Crippen molar-refractivity contribution in [2.45, 2.75) is 44.2 Å². The molecule has 1 saturated carbocycles. The van der Waals surface area contributed by atoms with Gasteiger partial charge in [-0.3, -0.25) is 4.99 Å². The Hall–Kier alpha value is -0.543. The number of hydrogen-bond acceptors (Lipinski definition) is 2. The Morgan fingerprint density at radius 1 is 1.18 bits per heavy atom. The predicted molar refractivity (Wildman–Crippen MR) is 82.1 cm³/mol. The van der Waals surface area contributed by atoms with E-state index in [9.17, 15) is 0 Å². The van der Waals surface area contributed by atoms with Crippen LogP contribution in [0.3, 0.4) is 0 Å². The number of hydrogen-bond donors (Lipinski definition) is 0. The minimum Gasteiger partial charge on any atom is -0.258 e. The van der Waals surface area contributed by atoms with Crippen LogP contribution in [0.1, 0.15) is 19.3 Å². The molecule has 1 atom stereocenters. The minimum absolute atomic E-state index is 0.823. The molecule has 0 heterocycles. The van der Waals surface area contributed by atoms with Gasteiger partial charge in [0, 0.05) is 11.0 Å². The van der Waals surface area contributed by atoms with Crippen molar-refractivity contribution in [2.24, 2.45) is 4.99 Å². The first-order valence-electron chi connectivity index (χ1n) is 6.32. The molecule has 1 aliphatic carbocycles. The number of benzene rings is 1. The Morgan fingerprint density at radius 2 is 1.88 bits per heavy atom. The van der Waals surface area contributed by atoms with Gasteiger partial charge in [-0.05, 0) is 31.4 Å². The zero-order chi connectivity index (χ0) is 12.3. The summed E-state index contributed by atoms with van der Waals surface area (Å²) in [7, 11) is -0.982. The fourth-order valence-corrected chi connectivity index (χ4v) is 7.30. The molecule has 1 aliphatic rings. The lowest BCUT2D eigenvalue weighted by atomic mass is 10.3. The van der Waals surface area contributed by atoms with Crippen LogP contribution in [0.5, 0.6) is 0 Å². The van der Waals surface area contributed by atoms with Crippen LogP contribution in [0, 0.1) is 0 Å². The molecule has 1 nitrogen and oxygen atoms in total. The van der Waals surface area contributed by atoms with E-state index in [0.29, 0.717) is 0 Å². The van der Waals surface area contributed by atoms with Crippen LogP contribution in [0.4, 0.5) is 5.69 Å². The van der Waals surface area contributed by atoms with Gasteiger partial charge in [-0.1, -0.05) is 37.8 Å². The minimum atomic E-state index is -0.982. The zero-order valence-corrected chi connectivity index (χ0v) is 12.8. The number of para-hydroxylation sites is 1. The largest absolute Gasteiger partial charge is 0.258 e. The number of rotatable bonds is 3. The normalized spacial score (nSPS) is 23.2. The summed E-state index contributed by atoms with van der Waals surface area (Å²) in [5, 5.41) is 0.823. The molecule has 1 aromatic carbocycles. The van der Waals surface area contributed by atoms with Crippen LogP contribution in [-0.4, -0.2) is 18.2 Å². The lowest BCUT2D eigenvalue weighted by Gasteiger charge is -2.19. The summed E-state index contributed by atoms with van der Waals surface area (Å²) < 4.78 is 0. The Morgan fingerprint density at radius 3 is 2.53 bits per heavy atom. The third-order valence-corrected chi connectivity index (χ3v) is 7.35. The summed E-state index contributed by atoms with van der Waals surface area (Å²) in [6.45, 7) is 7.30. The fraction of sp³-hybridized carbons (Fsp3) is 0.500. The number of aliphatic imine (C=N–C) groups is 1. The van der Waals surface area contributed by atoms with Crippen LogP contribution >= 0.6 is 11.2 Å². The molecule has 0 N–H and O–H groups in total. The second kappa shape index (κ2) is 5.40. The van der Waals surface area contributed by atoms with Gasteiger partial charge in [0.05, 0.1) is 5.69 Å². The summed E-state index contributed by atoms with van der Waals surface area (Å²) in [6, 6.07) is 10.3. The van der Waals surface area contributed by atoms with Gasteiger partial charge in [0.2, 0.25) is 0 Å². The Balaban J connectivity index is 1.96. The maximum Gasteiger partial charge on any atom is 0.108 e. The lowest BCUT2D eigenvalue weighted by molar-refractivity contribution is 0.911. The van der Waals surface area contributed by atoms with Crippen LogP contribution in [0.2, 0.25) is 19.6 Å². The summed E-state index contributed by atoms with van der Waals surface area (Å²) in [6.07, 6.45) is 3.71. The summed E-state index contributed by atoms with van der Waals surface area (Å²) in [5.74, 6) is 0. The monoisotopic (exact) mass is 263 g/mol. The maximum atomic E-state index is 4.76. The molecule has 3 heteroatoms. The molecule has 0 saturated heterocycles. The van der Waals surface area contributed by atoms with E-state index in [1.807, 2.05) is 6.07 Å². The highest BCUT2D eigenvalue weighted by molar-refractivity contribution is 8.29.